The van der Waals surface area contributed by atoms with Crippen molar-refractivity contribution in [2.45, 2.75) is 39.5 Å². The van der Waals surface area contributed by atoms with Crippen molar-refractivity contribution in [1.29, 1.82) is 0 Å². The highest BCUT2D eigenvalue weighted by molar-refractivity contribution is 5.89. The molecule has 0 spiro atoms. The van der Waals surface area contributed by atoms with Gasteiger partial charge in [-0.3, -0.25) is 0 Å². The van der Waals surface area contributed by atoms with Gasteiger partial charge in [-0.2, -0.15) is 0 Å². The van der Waals surface area contributed by atoms with Crippen LogP contribution >= 0.6 is 0 Å². The van der Waals surface area contributed by atoms with Gasteiger partial charge in [-0.15, -0.1) is 0 Å². The topological polar surface area (TPSA) is 26.3 Å². The van der Waals surface area contributed by atoms with E-state index in [4.69, 9.17) is 0 Å². The molecule has 0 aliphatic carbocycles. The van der Waals surface area contributed by atoms with Crippen LogP contribution in [0.3, 0.4) is 0 Å². The number of ether oxygens (including phenoxy) is 1. The summed E-state index contributed by atoms with van der Waals surface area (Å²) >= 11 is 0. The van der Waals surface area contributed by atoms with Crippen molar-refractivity contribution >= 4 is 5.97 Å². The smallest absolute Gasteiger partial charge is 0.337 e. The molecule has 0 bridgehead atoms. The van der Waals surface area contributed by atoms with Gasteiger partial charge in [0.2, 0.25) is 0 Å². The molecule has 0 aromatic heterocycles. The lowest BCUT2D eigenvalue weighted by Gasteiger charge is -2.10. The highest BCUT2D eigenvalue weighted by atomic mass is 16.5. The molecule has 0 saturated heterocycles. The van der Waals surface area contributed by atoms with Crippen molar-refractivity contribution in [3.63, 3.8) is 0 Å². The molecular weight excluding hydrogens is 212 g/mol. The molecule has 0 amide bonds. The Balaban J connectivity index is 2.53. The van der Waals surface area contributed by atoms with E-state index in [2.05, 4.69) is 18.6 Å². The van der Waals surface area contributed by atoms with Crippen LogP contribution in [0.5, 0.6) is 0 Å². The number of rotatable bonds is 6. The molecule has 0 heterocycles. The molecule has 2 nitrogen and oxygen atoms in total. The Morgan fingerprint density at radius 3 is 2.47 bits per heavy atom. The predicted octanol–water partition coefficient (Wildman–Crippen LogP) is 3.84. The Hall–Kier alpha value is -1.31. The van der Waals surface area contributed by atoms with Crippen molar-refractivity contribution in [3.8, 4) is 0 Å². The van der Waals surface area contributed by atoms with Crippen LogP contribution in [0.1, 0.15) is 49.0 Å². The monoisotopic (exact) mass is 234 g/mol. The van der Waals surface area contributed by atoms with Gasteiger partial charge in [0.15, 0.2) is 0 Å². The van der Waals surface area contributed by atoms with Crippen molar-refractivity contribution in [3.05, 3.63) is 35.4 Å². The third-order valence-electron chi connectivity index (χ3n) is 3.01. The van der Waals surface area contributed by atoms with E-state index in [-0.39, 0.29) is 5.97 Å². The highest BCUT2D eigenvalue weighted by Gasteiger charge is 2.06. The van der Waals surface area contributed by atoms with Crippen LogP contribution < -0.4 is 0 Å². The number of carbonyl (C=O) groups excluding carboxylic acids is 1. The standard InChI is InChI=1S/C15H22O2/c1-4-5-6-12(2)11-13-7-9-14(10-8-13)15(16)17-3/h7-10,12H,4-6,11H2,1-3H3. The largest absolute Gasteiger partial charge is 0.465 e. The van der Waals surface area contributed by atoms with Gasteiger partial charge in [0, 0.05) is 0 Å². The van der Waals surface area contributed by atoms with Crippen LogP contribution in [-0.4, -0.2) is 13.1 Å². The van der Waals surface area contributed by atoms with E-state index in [9.17, 15) is 4.79 Å². The quantitative estimate of drug-likeness (QED) is 0.699. The summed E-state index contributed by atoms with van der Waals surface area (Å²) in [5.74, 6) is 0.439. The number of hydrogen-bond donors (Lipinski definition) is 0. The molecule has 1 aromatic rings. The lowest BCUT2D eigenvalue weighted by molar-refractivity contribution is 0.0600. The van der Waals surface area contributed by atoms with Crippen molar-refractivity contribution in [2.24, 2.45) is 5.92 Å². The van der Waals surface area contributed by atoms with E-state index in [1.54, 1.807) is 0 Å². The fraction of sp³-hybridized carbons (Fsp3) is 0.533. The molecule has 0 aliphatic heterocycles. The Labute approximate surface area is 104 Å². The molecule has 0 fully saturated rings. The summed E-state index contributed by atoms with van der Waals surface area (Å²) in [6.07, 6.45) is 4.91. The lowest BCUT2D eigenvalue weighted by atomic mass is 9.95. The van der Waals surface area contributed by atoms with E-state index >= 15 is 0 Å². The summed E-state index contributed by atoms with van der Waals surface area (Å²) in [6, 6.07) is 7.73. The Bertz CT molecular complexity index is 340. The minimum atomic E-state index is -0.268. The van der Waals surface area contributed by atoms with Crippen LogP contribution in [0.2, 0.25) is 0 Å². The zero-order valence-corrected chi connectivity index (χ0v) is 11.0. The summed E-state index contributed by atoms with van der Waals surface area (Å²) < 4.78 is 4.67. The van der Waals surface area contributed by atoms with E-state index in [1.807, 2.05) is 24.3 Å². The van der Waals surface area contributed by atoms with Crippen LogP contribution in [0, 0.1) is 5.92 Å². The van der Waals surface area contributed by atoms with Crippen molar-refractivity contribution in [2.75, 3.05) is 7.11 Å². The zero-order valence-electron chi connectivity index (χ0n) is 11.0. The van der Waals surface area contributed by atoms with E-state index in [0.29, 0.717) is 11.5 Å². The number of unbranched alkanes of at least 4 members (excludes halogenated alkanes) is 1. The SMILES string of the molecule is CCCCC(C)Cc1ccc(C(=O)OC)cc1. The number of benzene rings is 1. The van der Waals surface area contributed by atoms with Gasteiger partial charge in [0.05, 0.1) is 12.7 Å². The van der Waals surface area contributed by atoms with Crippen molar-refractivity contribution in [1.82, 2.24) is 0 Å². The van der Waals surface area contributed by atoms with E-state index in [0.717, 1.165) is 6.42 Å². The highest BCUT2D eigenvalue weighted by Crippen LogP contribution is 2.15. The maximum atomic E-state index is 11.3. The Morgan fingerprint density at radius 2 is 1.94 bits per heavy atom. The first-order valence-corrected chi connectivity index (χ1v) is 6.34. The third-order valence-corrected chi connectivity index (χ3v) is 3.01. The van der Waals surface area contributed by atoms with Gasteiger partial charge >= 0.3 is 5.97 Å². The minimum absolute atomic E-state index is 0.268. The zero-order chi connectivity index (χ0) is 12.7. The van der Waals surface area contributed by atoms with Crippen LogP contribution in [0.25, 0.3) is 0 Å². The second kappa shape index (κ2) is 7.10. The van der Waals surface area contributed by atoms with Gasteiger partial charge in [0.25, 0.3) is 0 Å². The fourth-order valence-electron chi connectivity index (χ4n) is 1.95. The third kappa shape index (κ3) is 4.59. The second-order valence-corrected chi connectivity index (χ2v) is 4.64. The van der Waals surface area contributed by atoms with Gasteiger partial charge in [-0.05, 0) is 30.0 Å². The normalized spacial score (nSPS) is 12.2. The van der Waals surface area contributed by atoms with Crippen molar-refractivity contribution < 1.29 is 9.53 Å². The molecule has 17 heavy (non-hydrogen) atoms. The van der Waals surface area contributed by atoms with E-state index < -0.39 is 0 Å². The first-order valence-electron chi connectivity index (χ1n) is 6.34. The molecule has 0 radical (unpaired) electrons. The number of esters is 1. The molecule has 0 aliphatic rings. The van der Waals surface area contributed by atoms with Crippen LogP contribution in [-0.2, 0) is 11.2 Å². The fourth-order valence-corrected chi connectivity index (χ4v) is 1.95. The molecular formula is C15H22O2. The molecule has 2 heteroatoms. The Kier molecular flexibility index (Phi) is 5.75. The predicted molar refractivity (Wildman–Crippen MR) is 70.2 cm³/mol. The van der Waals surface area contributed by atoms with Gasteiger partial charge in [0.1, 0.15) is 0 Å². The molecule has 0 saturated carbocycles. The molecule has 0 N–H and O–H groups in total. The number of methoxy groups -OCH3 is 1. The van der Waals surface area contributed by atoms with Gasteiger partial charge < -0.3 is 4.74 Å². The van der Waals surface area contributed by atoms with Crippen LogP contribution in [0.4, 0.5) is 0 Å². The first kappa shape index (κ1) is 13.8. The molecule has 94 valence electrons. The summed E-state index contributed by atoms with van der Waals surface area (Å²) in [5, 5.41) is 0. The summed E-state index contributed by atoms with van der Waals surface area (Å²) in [6.45, 7) is 4.50. The molecule has 1 aromatic carbocycles. The molecule has 1 unspecified atom stereocenters. The molecule has 1 rings (SSSR count). The number of carbonyl (C=O) groups is 1. The lowest BCUT2D eigenvalue weighted by Crippen LogP contribution is -2.03. The summed E-state index contributed by atoms with van der Waals surface area (Å²) in [4.78, 5) is 11.3. The summed E-state index contributed by atoms with van der Waals surface area (Å²) in [7, 11) is 1.41. The average Bonchev–Trinajstić information content (AvgIpc) is 2.36. The molecule has 1 atom stereocenters. The maximum absolute atomic E-state index is 11.3. The number of hydrogen-bond acceptors (Lipinski definition) is 2. The minimum Gasteiger partial charge on any atom is -0.465 e. The Morgan fingerprint density at radius 1 is 1.29 bits per heavy atom. The average molecular weight is 234 g/mol. The van der Waals surface area contributed by atoms with Gasteiger partial charge in [-0.1, -0.05) is 45.2 Å². The van der Waals surface area contributed by atoms with Gasteiger partial charge in [-0.25, -0.2) is 4.79 Å². The second-order valence-electron chi connectivity index (χ2n) is 4.64. The maximum Gasteiger partial charge on any atom is 0.337 e. The first-order chi connectivity index (χ1) is 8.17. The van der Waals surface area contributed by atoms with E-state index in [1.165, 1.54) is 31.9 Å². The van der Waals surface area contributed by atoms with Crippen LogP contribution in [0.15, 0.2) is 24.3 Å². The summed E-state index contributed by atoms with van der Waals surface area (Å²) in [5.41, 5.74) is 1.92.